The molecule has 2 aromatic carbocycles. The molecular weight excluding hydrogens is 392 g/mol. The van der Waals surface area contributed by atoms with Crippen molar-refractivity contribution in [1.29, 1.82) is 0 Å². The first-order chi connectivity index (χ1) is 14.1. The maximum atomic E-state index is 12.2. The molecule has 0 saturated carbocycles. The Kier molecular flexibility index (Phi) is 8.91. The lowest BCUT2D eigenvalue weighted by Gasteiger charge is -2.22. The number of anilines is 1. The zero-order chi connectivity index (χ0) is 22.7. The predicted molar refractivity (Wildman–Crippen MR) is 113 cm³/mol. The average Bonchev–Trinajstić information content (AvgIpc) is 2.71. The van der Waals surface area contributed by atoms with Crippen molar-refractivity contribution < 1.29 is 19.6 Å². The first-order valence-electron chi connectivity index (χ1n) is 8.75. The molecule has 2 aromatic rings. The van der Waals surface area contributed by atoms with Crippen LogP contribution in [0.3, 0.4) is 0 Å². The van der Waals surface area contributed by atoms with Gasteiger partial charge in [-0.05, 0) is 25.0 Å². The minimum atomic E-state index is -1.97. The number of carbonyl (C=O) groups excluding carboxylic acids is 1. The maximum absolute atomic E-state index is 12.2. The molecular formula is C19H24N6O5. The quantitative estimate of drug-likeness (QED) is 0.0602. The molecule has 11 heteroatoms. The summed E-state index contributed by atoms with van der Waals surface area (Å²) in [4.78, 5) is 36.9. The van der Waals surface area contributed by atoms with E-state index in [1.54, 1.807) is 18.2 Å². The smallest absolute Gasteiger partial charge is 0.331 e. The molecule has 0 saturated heterocycles. The third-order valence-corrected chi connectivity index (χ3v) is 3.95. The Morgan fingerprint density at radius 1 is 1.07 bits per heavy atom. The lowest BCUT2D eigenvalue weighted by molar-refractivity contribution is -0.384. The van der Waals surface area contributed by atoms with E-state index in [0.717, 1.165) is 0 Å². The number of carbonyl (C=O) groups is 2. The van der Waals surface area contributed by atoms with Gasteiger partial charge in [0.15, 0.2) is 17.3 Å². The van der Waals surface area contributed by atoms with Crippen LogP contribution in [0, 0.1) is 10.1 Å². The van der Waals surface area contributed by atoms with Crippen LogP contribution in [-0.2, 0) is 4.79 Å². The number of nitrogen functional groups attached to an aromatic ring is 1. The van der Waals surface area contributed by atoms with E-state index in [0.29, 0.717) is 12.1 Å². The predicted octanol–water partition coefficient (Wildman–Crippen LogP) is 0.882. The van der Waals surface area contributed by atoms with Crippen LogP contribution < -0.4 is 22.9 Å². The van der Waals surface area contributed by atoms with Crippen molar-refractivity contribution in [3.05, 3.63) is 70.3 Å². The zero-order valence-corrected chi connectivity index (χ0v) is 16.1. The number of hydrogen-bond acceptors (Lipinski definition) is 7. The Morgan fingerprint density at radius 2 is 1.63 bits per heavy atom. The fourth-order valence-electron chi connectivity index (χ4n) is 2.33. The van der Waals surface area contributed by atoms with Crippen LogP contribution in [0.25, 0.3) is 0 Å². The molecule has 0 aromatic heterocycles. The monoisotopic (exact) mass is 416 g/mol. The summed E-state index contributed by atoms with van der Waals surface area (Å²) in [5.74, 6) is -2.08. The van der Waals surface area contributed by atoms with Crippen molar-refractivity contribution >= 4 is 29.1 Å². The summed E-state index contributed by atoms with van der Waals surface area (Å²) < 4.78 is 0. The number of benzene rings is 2. The second-order valence-corrected chi connectivity index (χ2v) is 6.23. The molecule has 11 nitrogen and oxygen atoms in total. The Bertz CT molecular complexity index is 897. The normalized spacial score (nSPS) is 11.9. The Hall–Kier alpha value is -3.99. The van der Waals surface area contributed by atoms with Crippen LogP contribution in [0.4, 0.5) is 11.4 Å². The number of carboxylic acid groups (broad SMARTS) is 1. The number of ketones is 1. The number of nitrogens with two attached hydrogens (primary N) is 4. The van der Waals surface area contributed by atoms with Gasteiger partial charge in [0.2, 0.25) is 0 Å². The van der Waals surface area contributed by atoms with E-state index in [-0.39, 0.29) is 30.2 Å². The number of rotatable bonds is 8. The highest BCUT2D eigenvalue weighted by Crippen LogP contribution is 2.18. The first kappa shape index (κ1) is 24.0. The molecule has 0 heterocycles. The zero-order valence-electron chi connectivity index (χ0n) is 16.1. The van der Waals surface area contributed by atoms with Crippen LogP contribution in [0.2, 0.25) is 0 Å². The average molecular weight is 416 g/mol. The lowest BCUT2D eigenvalue weighted by atomic mass is 9.86. The molecule has 0 fully saturated rings. The van der Waals surface area contributed by atoms with Gasteiger partial charge in [0.1, 0.15) is 0 Å². The second-order valence-electron chi connectivity index (χ2n) is 6.23. The van der Waals surface area contributed by atoms with Gasteiger partial charge >= 0.3 is 5.97 Å². The summed E-state index contributed by atoms with van der Waals surface area (Å²) in [7, 11) is 0. The number of carboxylic acids is 1. The van der Waals surface area contributed by atoms with Crippen molar-refractivity contribution in [1.82, 2.24) is 0 Å². The maximum Gasteiger partial charge on any atom is 0.331 e. The topological polar surface area (TPSA) is 214 Å². The number of nitro groups is 1. The molecule has 30 heavy (non-hydrogen) atoms. The van der Waals surface area contributed by atoms with Gasteiger partial charge in [0.25, 0.3) is 5.69 Å². The summed E-state index contributed by atoms with van der Waals surface area (Å²) in [5.41, 5.74) is 20.3. The molecule has 2 rings (SSSR count). The van der Waals surface area contributed by atoms with Gasteiger partial charge in [-0.15, -0.1) is 0 Å². The summed E-state index contributed by atoms with van der Waals surface area (Å²) >= 11 is 0. The summed E-state index contributed by atoms with van der Waals surface area (Å²) in [6, 6.07) is 13.8. The fourth-order valence-corrected chi connectivity index (χ4v) is 2.33. The fraction of sp³-hybridized carbons (Fsp3) is 0.211. The van der Waals surface area contributed by atoms with Crippen LogP contribution in [-0.4, -0.2) is 39.8 Å². The third kappa shape index (κ3) is 7.20. The standard InChI is InChI=1S/C13H18N4O3.C6H6N2O2/c14-12(15)17-8-4-7-13(16,11(19)20)10(18)9-5-2-1-3-6-9;7-5-1-3-6(4-2-5)8(9)10/h1-3,5-6H,4,7-8,16H2,(H,19,20)(H4,14,15,17);1-4H,7H2/t13-;/m1./s1. The molecule has 0 aliphatic heterocycles. The Morgan fingerprint density at radius 3 is 2.10 bits per heavy atom. The summed E-state index contributed by atoms with van der Waals surface area (Å²) in [6.45, 7) is 0.219. The highest BCUT2D eigenvalue weighted by atomic mass is 16.6. The van der Waals surface area contributed by atoms with Crippen LogP contribution in [0.15, 0.2) is 59.6 Å². The highest BCUT2D eigenvalue weighted by molar-refractivity contribution is 6.15. The highest BCUT2D eigenvalue weighted by Gasteiger charge is 2.41. The van der Waals surface area contributed by atoms with E-state index in [1.165, 1.54) is 36.4 Å². The number of nitrogens with zero attached hydrogens (tertiary/aromatic N) is 2. The van der Waals surface area contributed by atoms with Gasteiger partial charge in [-0.1, -0.05) is 30.3 Å². The Labute approximate surface area is 172 Å². The van der Waals surface area contributed by atoms with E-state index in [1.807, 2.05) is 0 Å². The van der Waals surface area contributed by atoms with E-state index < -0.39 is 22.2 Å². The van der Waals surface area contributed by atoms with Gasteiger partial charge in [0, 0.05) is 29.9 Å². The van der Waals surface area contributed by atoms with Gasteiger partial charge in [-0.3, -0.25) is 19.9 Å². The minimum Gasteiger partial charge on any atom is -0.480 e. The SMILES string of the molecule is NC(N)=NCCC[C@](N)(C(=O)O)C(=O)c1ccccc1.Nc1ccc([N+](=O)[O-])cc1. The van der Waals surface area contributed by atoms with Crippen LogP contribution >= 0.6 is 0 Å². The number of guanidine groups is 1. The van der Waals surface area contributed by atoms with E-state index in [4.69, 9.17) is 22.9 Å². The number of Topliss-reactive ketones (excluding diaryl/α,β-unsaturated/α-hetero) is 1. The Balaban J connectivity index is 0.000000375. The van der Waals surface area contributed by atoms with E-state index in [9.17, 15) is 24.8 Å². The first-order valence-corrected chi connectivity index (χ1v) is 8.75. The number of hydrogen-bond donors (Lipinski definition) is 5. The minimum absolute atomic E-state index is 0.0488. The van der Waals surface area contributed by atoms with Gasteiger partial charge < -0.3 is 28.0 Å². The molecule has 0 amide bonds. The molecule has 0 spiro atoms. The van der Waals surface area contributed by atoms with Crippen LogP contribution in [0.5, 0.6) is 0 Å². The number of aliphatic imine (C=N–C) groups is 1. The lowest BCUT2D eigenvalue weighted by Crippen LogP contribution is -2.55. The van der Waals surface area contributed by atoms with Crippen molar-refractivity contribution in [3.8, 4) is 0 Å². The van der Waals surface area contributed by atoms with Gasteiger partial charge in [-0.2, -0.15) is 0 Å². The van der Waals surface area contributed by atoms with Crippen molar-refractivity contribution in [2.24, 2.45) is 22.2 Å². The van der Waals surface area contributed by atoms with Crippen LogP contribution in [0.1, 0.15) is 23.2 Å². The molecule has 1 atom stereocenters. The van der Waals surface area contributed by atoms with E-state index >= 15 is 0 Å². The second kappa shape index (κ2) is 11.1. The van der Waals surface area contributed by atoms with Crippen molar-refractivity contribution in [2.45, 2.75) is 18.4 Å². The molecule has 0 unspecified atom stereocenters. The number of aliphatic carboxylic acids is 1. The molecule has 0 aliphatic rings. The van der Waals surface area contributed by atoms with E-state index in [2.05, 4.69) is 4.99 Å². The van der Waals surface area contributed by atoms with Crippen molar-refractivity contribution in [2.75, 3.05) is 12.3 Å². The number of nitro benzene ring substituents is 1. The third-order valence-electron chi connectivity index (χ3n) is 3.95. The van der Waals surface area contributed by atoms with Crippen molar-refractivity contribution in [3.63, 3.8) is 0 Å². The largest absolute Gasteiger partial charge is 0.480 e. The molecule has 0 radical (unpaired) electrons. The molecule has 0 aliphatic carbocycles. The molecule has 0 bridgehead atoms. The molecule has 9 N–H and O–H groups in total. The number of non-ortho nitro benzene ring substituents is 1. The molecule has 160 valence electrons. The summed E-state index contributed by atoms with van der Waals surface area (Å²) in [6.07, 6.45) is 0.242. The van der Waals surface area contributed by atoms with Gasteiger partial charge in [0.05, 0.1) is 4.92 Å². The van der Waals surface area contributed by atoms with Gasteiger partial charge in [-0.25, -0.2) is 4.79 Å². The summed E-state index contributed by atoms with van der Waals surface area (Å²) in [5, 5.41) is 19.3.